The van der Waals surface area contributed by atoms with E-state index in [4.69, 9.17) is 5.73 Å². The molecule has 0 aliphatic carbocycles. The molecule has 1 fully saturated rings. The molecule has 0 saturated carbocycles. The number of carbonyl (C=O) groups excluding carboxylic acids is 2. The molecule has 6 nitrogen and oxygen atoms in total. The number of nitrogens with two attached hydrogens (primary N) is 1. The monoisotopic (exact) mass is 284 g/mol. The van der Waals surface area contributed by atoms with Crippen LogP contribution in [-0.4, -0.2) is 49.1 Å². The first-order valence-corrected chi connectivity index (χ1v) is 7.45. The maximum Gasteiger partial charge on any atom is 0.318 e. The highest BCUT2D eigenvalue weighted by Gasteiger charge is 2.26. The molecule has 0 bridgehead atoms. The van der Waals surface area contributed by atoms with E-state index in [1.165, 1.54) is 0 Å². The van der Waals surface area contributed by atoms with Crippen LogP contribution in [0.3, 0.4) is 0 Å². The van der Waals surface area contributed by atoms with Crippen LogP contribution in [0.4, 0.5) is 4.79 Å². The number of amides is 3. The molecule has 1 atom stereocenters. The van der Waals surface area contributed by atoms with Crippen LogP contribution in [0.2, 0.25) is 0 Å². The van der Waals surface area contributed by atoms with Gasteiger partial charge in [-0.1, -0.05) is 13.8 Å². The van der Waals surface area contributed by atoms with Gasteiger partial charge in [-0.3, -0.25) is 15.0 Å². The van der Waals surface area contributed by atoms with Crippen LogP contribution in [0.1, 0.15) is 33.6 Å². The quantitative estimate of drug-likeness (QED) is 0.664. The average Bonchev–Trinajstić information content (AvgIpc) is 2.37. The van der Waals surface area contributed by atoms with E-state index in [1.807, 2.05) is 6.92 Å². The van der Waals surface area contributed by atoms with Gasteiger partial charge in [0.2, 0.25) is 5.91 Å². The second-order valence-electron chi connectivity index (χ2n) is 6.06. The number of hydrogen-bond donors (Lipinski definition) is 3. The summed E-state index contributed by atoms with van der Waals surface area (Å²) in [6.45, 7) is 10.1. The van der Waals surface area contributed by atoms with Gasteiger partial charge in [0.05, 0.1) is 6.04 Å². The Kier molecular flexibility index (Phi) is 6.95. The fourth-order valence-electron chi connectivity index (χ4n) is 2.51. The van der Waals surface area contributed by atoms with Gasteiger partial charge in [-0.2, -0.15) is 0 Å². The number of rotatable bonds is 6. The molecule has 0 aromatic heterocycles. The van der Waals surface area contributed by atoms with E-state index in [0.29, 0.717) is 11.8 Å². The van der Waals surface area contributed by atoms with Gasteiger partial charge in [0.15, 0.2) is 0 Å². The Morgan fingerprint density at radius 1 is 1.25 bits per heavy atom. The number of imide groups is 1. The highest BCUT2D eigenvalue weighted by atomic mass is 16.2. The van der Waals surface area contributed by atoms with E-state index in [2.05, 4.69) is 29.4 Å². The van der Waals surface area contributed by atoms with E-state index in [0.717, 1.165) is 39.0 Å². The maximum atomic E-state index is 11.7. The summed E-state index contributed by atoms with van der Waals surface area (Å²) in [6, 6.07) is -1.08. The number of urea groups is 1. The molecule has 0 aromatic rings. The number of piperidine rings is 1. The number of likely N-dealkylation sites (tertiary alicyclic amines) is 1. The maximum absolute atomic E-state index is 11.7. The Morgan fingerprint density at radius 2 is 1.85 bits per heavy atom. The molecule has 0 aromatic carbocycles. The SMILES string of the molecule is CC(C)CNCC1CCN(C(C)C(=O)NC(N)=O)CC1. The van der Waals surface area contributed by atoms with Gasteiger partial charge >= 0.3 is 6.03 Å². The lowest BCUT2D eigenvalue weighted by Crippen LogP contribution is -2.51. The normalized spacial score (nSPS) is 19.0. The number of primary amides is 1. The van der Waals surface area contributed by atoms with Crippen LogP contribution in [0.25, 0.3) is 0 Å². The summed E-state index contributed by atoms with van der Waals surface area (Å²) < 4.78 is 0. The summed E-state index contributed by atoms with van der Waals surface area (Å²) in [5.41, 5.74) is 4.96. The molecule has 0 radical (unpaired) electrons. The molecule has 1 saturated heterocycles. The zero-order valence-electron chi connectivity index (χ0n) is 12.8. The van der Waals surface area contributed by atoms with Gasteiger partial charge < -0.3 is 11.1 Å². The molecule has 1 rings (SSSR count). The molecule has 116 valence electrons. The molecule has 20 heavy (non-hydrogen) atoms. The van der Waals surface area contributed by atoms with Gasteiger partial charge in [0.1, 0.15) is 0 Å². The smallest absolute Gasteiger partial charge is 0.318 e. The van der Waals surface area contributed by atoms with Crippen molar-refractivity contribution < 1.29 is 9.59 Å². The van der Waals surface area contributed by atoms with E-state index in [1.54, 1.807) is 0 Å². The first kappa shape index (κ1) is 16.9. The number of hydrogen-bond acceptors (Lipinski definition) is 4. The fraction of sp³-hybridized carbons (Fsp3) is 0.857. The molecule has 0 spiro atoms. The van der Waals surface area contributed by atoms with Gasteiger partial charge in [-0.15, -0.1) is 0 Å². The minimum Gasteiger partial charge on any atom is -0.351 e. The van der Waals surface area contributed by atoms with E-state index in [9.17, 15) is 9.59 Å². The Bertz CT molecular complexity index is 325. The van der Waals surface area contributed by atoms with Crippen molar-refractivity contribution in [2.75, 3.05) is 26.2 Å². The molecule has 4 N–H and O–H groups in total. The lowest BCUT2D eigenvalue weighted by molar-refractivity contribution is -0.125. The molecule has 1 aliphatic heterocycles. The average molecular weight is 284 g/mol. The van der Waals surface area contributed by atoms with E-state index >= 15 is 0 Å². The van der Waals surface area contributed by atoms with Crippen LogP contribution in [0.5, 0.6) is 0 Å². The van der Waals surface area contributed by atoms with E-state index < -0.39 is 6.03 Å². The molecule has 1 heterocycles. The summed E-state index contributed by atoms with van der Waals surface area (Å²) in [7, 11) is 0. The summed E-state index contributed by atoms with van der Waals surface area (Å²) in [4.78, 5) is 24.5. The highest BCUT2D eigenvalue weighted by molar-refractivity contribution is 5.96. The number of nitrogens with zero attached hydrogens (tertiary/aromatic N) is 1. The molecule has 6 heteroatoms. The van der Waals surface area contributed by atoms with Crippen molar-refractivity contribution in [3.05, 3.63) is 0 Å². The topological polar surface area (TPSA) is 87.5 Å². The fourth-order valence-corrected chi connectivity index (χ4v) is 2.51. The summed E-state index contributed by atoms with van der Waals surface area (Å²) in [5, 5.41) is 5.63. The van der Waals surface area contributed by atoms with Crippen molar-refractivity contribution in [3.63, 3.8) is 0 Å². The first-order valence-electron chi connectivity index (χ1n) is 7.45. The standard InChI is InChI=1S/C14H28N4O2/c1-10(2)8-16-9-12-4-6-18(7-5-12)11(3)13(19)17-14(15)20/h10-12,16H,4-9H2,1-3H3,(H3,15,17,19,20). The second-order valence-corrected chi connectivity index (χ2v) is 6.06. The third kappa shape index (κ3) is 5.88. The molecule has 1 aliphatic rings. The summed E-state index contributed by atoms with van der Waals surface area (Å²) in [6.07, 6.45) is 2.17. The number of nitrogens with one attached hydrogen (secondary N) is 2. The minimum atomic E-state index is -0.783. The molecule has 3 amide bonds. The van der Waals surface area contributed by atoms with Crippen LogP contribution < -0.4 is 16.4 Å². The molecule has 1 unspecified atom stereocenters. The van der Waals surface area contributed by atoms with Gasteiger partial charge in [0, 0.05) is 0 Å². The second kappa shape index (κ2) is 8.21. The Balaban J connectivity index is 2.27. The predicted octanol–water partition coefficient (Wildman–Crippen LogP) is 0.527. The zero-order chi connectivity index (χ0) is 15.1. The van der Waals surface area contributed by atoms with Crippen LogP contribution in [0, 0.1) is 11.8 Å². The Labute approximate surface area is 121 Å². The van der Waals surface area contributed by atoms with Crippen molar-refractivity contribution in [1.29, 1.82) is 0 Å². The Hall–Kier alpha value is -1.14. The number of carbonyl (C=O) groups is 2. The molecular weight excluding hydrogens is 256 g/mol. The van der Waals surface area contributed by atoms with Crippen LogP contribution in [0.15, 0.2) is 0 Å². The van der Waals surface area contributed by atoms with Crippen molar-refractivity contribution in [2.45, 2.75) is 39.7 Å². The Morgan fingerprint density at radius 3 is 2.35 bits per heavy atom. The van der Waals surface area contributed by atoms with Crippen LogP contribution in [-0.2, 0) is 4.79 Å². The van der Waals surface area contributed by atoms with Gasteiger partial charge in [-0.05, 0) is 57.8 Å². The van der Waals surface area contributed by atoms with Crippen molar-refractivity contribution in [2.24, 2.45) is 17.6 Å². The predicted molar refractivity (Wildman–Crippen MR) is 79.2 cm³/mol. The third-order valence-electron chi connectivity index (χ3n) is 3.81. The molecular formula is C14H28N4O2. The van der Waals surface area contributed by atoms with Gasteiger partial charge in [0.25, 0.3) is 0 Å². The largest absolute Gasteiger partial charge is 0.351 e. The summed E-state index contributed by atoms with van der Waals surface area (Å²) >= 11 is 0. The summed E-state index contributed by atoms with van der Waals surface area (Å²) in [5.74, 6) is 1.04. The van der Waals surface area contributed by atoms with Crippen LogP contribution >= 0.6 is 0 Å². The van der Waals surface area contributed by atoms with Crippen molar-refractivity contribution in [3.8, 4) is 0 Å². The lowest BCUT2D eigenvalue weighted by atomic mass is 9.95. The van der Waals surface area contributed by atoms with Crippen molar-refractivity contribution in [1.82, 2.24) is 15.5 Å². The zero-order valence-corrected chi connectivity index (χ0v) is 12.8. The highest BCUT2D eigenvalue weighted by Crippen LogP contribution is 2.18. The first-order chi connectivity index (χ1) is 9.40. The van der Waals surface area contributed by atoms with E-state index in [-0.39, 0.29) is 11.9 Å². The van der Waals surface area contributed by atoms with Gasteiger partial charge in [-0.25, -0.2) is 4.79 Å². The third-order valence-corrected chi connectivity index (χ3v) is 3.81. The minimum absolute atomic E-state index is 0.299. The lowest BCUT2D eigenvalue weighted by Gasteiger charge is -2.35. The van der Waals surface area contributed by atoms with Crippen molar-refractivity contribution >= 4 is 11.9 Å².